The number of anilines is 2. The number of halogens is 3. The summed E-state index contributed by atoms with van der Waals surface area (Å²) in [5.74, 6) is 4.74. The van der Waals surface area contributed by atoms with E-state index in [9.17, 15) is 18.0 Å². The number of carbonyl (C=O) groups excluding carboxylic acids is 1. The Kier molecular flexibility index (Phi) is 4.71. The Balaban J connectivity index is 1.74. The number of rotatable bonds is 2. The topological polar surface area (TPSA) is 122 Å². The number of aromatic amines is 1. The highest BCUT2D eigenvalue weighted by Crippen LogP contribution is 2.28. The molecule has 0 bridgehead atoms. The van der Waals surface area contributed by atoms with E-state index in [0.29, 0.717) is 17.2 Å². The van der Waals surface area contributed by atoms with E-state index >= 15 is 0 Å². The summed E-state index contributed by atoms with van der Waals surface area (Å²) < 4.78 is 37.6. The molecule has 0 aliphatic carbocycles. The van der Waals surface area contributed by atoms with Crippen molar-refractivity contribution < 1.29 is 18.0 Å². The molecule has 0 aromatic carbocycles. The fourth-order valence-electron chi connectivity index (χ4n) is 1.90. The van der Waals surface area contributed by atoms with Crippen molar-refractivity contribution in [1.29, 1.82) is 0 Å². The van der Waals surface area contributed by atoms with Gasteiger partial charge in [-0.15, -0.1) is 0 Å². The summed E-state index contributed by atoms with van der Waals surface area (Å²) >= 11 is 0. The number of aromatic nitrogens is 5. The van der Waals surface area contributed by atoms with E-state index < -0.39 is 17.8 Å². The van der Waals surface area contributed by atoms with Gasteiger partial charge in [0.2, 0.25) is 5.95 Å². The van der Waals surface area contributed by atoms with Gasteiger partial charge in [0, 0.05) is 36.4 Å². The number of carbonyl (C=O) groups is 1. The van der Waals surface area contributed by atoms with Crippen LogP contribution in [0.15, 0.2) is 36.9 Å². The van der Waals surface area contributed by atoms with E-state index in [1.54, 1.807) is 0 Å². The fraction of sp³-hybridized carbons (Fsp3) is 0.0625. The third kappa shape index (κ3) is 4.57. The molecule has 3 heterocycles. The predicted octanol–water partition coefficient (Wildman–Crippen LogP) is 1.85. The van der Waals surface area contributed by atoms with Gasteiger partial charge in [-0.05, 0) is 6.07 Å². The number of hydrogen-bond donors (Lipinski definition) is 3. The van der Waals surface area contributed by atoms with Gasteiger partial charge in [0.05, 0.1) is 11.1 Å². The summed E-state index contributed by atoms with van der Waals surface area (Å²) in [6.07, 6.45) is 0.978. The minimum absolute atomic E-state index is 0.104. The first kappa shape index (κ1) is 17.9. The Labute approximate surface area is 150 Å². The maximum Gasteiger partial charge on any atom is 0.432 e. The minimum atomic E-state index is -4.58. The van der Waals surface area contributed by atoms with Gasteiger partial charge in [-0.2, -0.15) is 18.3 Å². The first-order valence-electron chi connectivity index (χ1n) is 7.30. The van der Waals surface area contributed by atoms with Crippen LogP contribution in [0.3, 0.4) is 0 Å². The first-order chi connectivity index (χ1) is 12.8. The number of alkyl halides is 3. The first-order valence-corrected chi connectivity index (χ1v) is 7.30. The molecule has 0 aliphatic heterocycles. The largest absolute Gasteiger partial charge is 0.432 e. The molecule has 0 saturated heterocycles. The van der Waals surface area contributed by atoms with Gasteiger partial charge < -0.3 is 11.1 Å². The zero-order valence-corrected chi connectivity index (χ0v) is 13.4. The molecular weight excluding hydrogens is 363 g/mol. The van der Waals surface area contributed by atoms with Crippen molar-refractivity contribution in [2.24, 2.45) is 0 Å². The van der Waals surface area contributed by atoms with Crippen molar-refractivity contribution in [2.75, 3.05) is 11.1 Å². The van der Waals surface area contributed by atoms with E-state index in [4.69, 9.17) is 5.73 Å². The van der Waals surface area contributed by atoms with Crippen LogP contribution in [0.25, 0.3) is 0 Å². The van der Waals surface area contributed by atoms with Crippen LogP contribution < -0.4 is 11.1 Å². The van der Waals surface area contributed by atoms with Gasteiger partial charge in [0.15, 0.2) is 5.82 Å². The summed E-state index contributed by atoms with van der Waals surface area (Å²) in [4.78, 5) is 23.7. The zero-order chi connectivity index (χ0) is 19.4. The van der Waals surface area contributed by atoms with Gasteiger partial charge in [-0.1, -0.05) is 11.8 Å². The summed E-state index contributed by atoms with van der Waals surface area (Å²) in [5.41, 5.74) is 5.34. The second-order valence-electron chi connectivity index (χ2n) is 5.16. The molecule has 4 N–H and O–H groups in total. The molecule has 0 radical (unpaired) electrons. The Hall–Kier alpha value is -3.94. The predicted molar refractivity (Wildman–Crippen MR) is 88.2 cm³/mol. The molecule has 0 saturated carbocycles. The molecule has 8 nitrogen and oxygen atoms in total. The van der Waals surface area contributed by atoms with Crippen molar-refractivity contribution in [3.05, 3.63) is 59.3 Å². The quantitative estimate of drug-likeness (QED) is 0.589. The fourth-order valence-corrected chi connectivity index (χ4v) is 1.90. The van der Waals surface area contributed by atoms with Gasteiger partial charge in [0.1, 0.15) is 5.69 Å². The molecule has 0 fully saturated rings. The van der Waals surface area contributed by atoms with E-state index in [0.717, 1.165) is 0 Å². The Bertz CT molecular complexity index is 1030. The third-order valence-corrected chi connectivity index (χ3v) is 3.15. The number of nitrogen functional groups attached to an aromatic ring is 1. The molecule has 27 heavy (non-hydrogen) atoms. The number of nitrogens with one attached hydrogen (secondary N) is 2. The van der Waals surface area contributed by atoms with Crippen LogP contribution in [-0.4, -0.2) is 31.1 Å². The summed E-state index contributed by atoms with van der Waals surface area (Å²) in [6, 6.07) is 2.13. The molecule has 3 rings (SSSR count). The van der Waals surface area contributed by atoms with E-state index in [2.05, 4.69) is 37.2 Å². The number of nitrogens with two attached hydrogens (primary N) is 1. The molecule has 11 heteroatoms. The standard InChI is InChI=1S/C16H10F3N7O/c17-16(18,19)12-4-13(26-25-12)24-14(27)11-3-9(5-21-8-11)1-2-10-6-22-15(20)23-7-10/h3-8H,(H2,20,22,23)(H2,24,25,26,27). The van der Waals surface area contributed by atoms with Crippen molar-refractivity contribution in [3.63, 3.8) is 0 Å². The van der Waals surface area contributed by atoms with E-state index in [-0.39, 0.29) is 17.3 Å². The van der Waals surface area contributed by atoms with Crippen molar-refractivity contribution in [1.82, 2.24) is 25.1 Å². The number of nitrogens with zero attached hydrogens (tertiary/aromatic N) is 4. The van der Waals surface area contributed by atoms with Crippen molar-refractivity contribution >= 4 is 17.7 Å². The lowest BCUT2D eigenvalue weighted by atomic mass is 10.2. The second kappa shape index (κ2) is 7.12. The molecule has 136 valence electrons. The van der Waals surface area contributed by atoms with Gasteiger partial charge >= 0.3 is 6.18 Å². The molecule has 0 unspecified atom stereocenters. The van der Waals surface area contributed by atoms with Gasteiger partial charge in [-0.3, -0.25) is 14.9 Å². The molecule has 3 aromatic rings. The average molecular weight is 373 g/mol. The van der Waals surface area contributed by atoms with Crippen molar-refractivity contribution in [2.45, 2.75) is 6.18 Å². The van der Waals surface area contributed by atoms with Crippen LogP contribution >= 0.6 is 0 Å². The highest BCUT2D eigenvalue weighted by molar-refractivity contribution is 6.03. The Morgan fingerprint density at radius 3 is 2.44 bits per heavy atom. The maximum absolute atomic E-state index is 12.5. The van der Waals surface area contributed by atoms with Crippen LogP contribution in [0.5, 0.6) is 0 Å². The number of pyridine rings is 1. The van der Waals surface area contributed by atoms with Crippen LogP contribution in [0.2, 0.25) is 0 Å². The molecule has 3 aromatic heterocycles. The summed E-state index contributed by atoms with van der Waals surface area (Å²) in [6.45, 7) is 0. The SMILES string of the molecule is Nc1ncc(C#Cc2cncc(C(=O)Nc3cc(C(F)(F)F)[nH]n3)c2)cn1. The lowest BCUT2D eigenvalue weighted by Crippen LogP contribution is -2.12. The zero-order valence-electron chi connectivity index (χ0n) is 13.4. The molecule has 0 aliphatic rings. The highest BCUT2D eigenvalue weighted by atomic mass is 19.4. The normalized spacial score (nSPS) is 10.8. The number of hydrogen-bond acceptors (Lipinski definition) is 6. The lowest BCUT2D eigenvalue weighted by molar-refractivity contribution is -0.141. The number of amides is 1. The summed E-state index contributed by atoms with van der Waals surface area (Å²) in [5, 5.41) is 7.47. The Morgan fingerprint density at radius 2 is 1.78 bits per heavy atom. The summed E-state index contributed by atoms with van der Waals surface area (Å²) in [7, 11) is 0. The lowest BCUT2D eigenvalue weighted by Gasteiger charge is -2.02. The van der Waals surface area contributed by atoms with Crippen LogP contribution in [0.4, 0.5) is 24.9 Å². The monoisotopic (exact) mass is 373 g/mol. The Morgan fingerprint density at radius 1 is 1.07 bits per heavy atom. The van der Waals surface area contributed by atoms with Crippen LogP contribution in [0.1, 0.15) is 27.2 Å². The molecule has 0 spiro atoms. The smallest absolute Gasteiger partial charge is 0.368 e. The molecule has 0 atom stereocenters. The molecular formula is C16H10F3N7O. The van der Waals surface area contributed by atoms with Crippen molar-refractivity contribution in [3.8, 4) is 11.8 Å². The van der Waals surface area contributed by atoms with E-state index in [1.165, 1.54) is 30.9 Å². The maximum atomic E-state index is 12.5. The van der Waals surface area contributed by atoms with E-state index in [1.807, 2.05) is 5.10 Å². The van der Waals surface area contributed by atoms with Gasteiger partial charge in [0.25, 0.3) is 5.91 Å². The molecule has 1 amide bonds. The third-order valence-electron chi connectivity index (χ3n) is 3.15. The van der Waals surface area contributed by atoms with Crippen LogP contribution in [-0.2, 0) is 6.18 Å². The second-order valence-corrected chi connectivity index (χ2v) is 5.16. The minimum Gasteiger partial charge on any atom is -0.368 e. The number of H-pyrrole nitrogens is 1. The van der Waals surface area contributed by atoms with Gasteiger partial charge in [-0.25, -0.2) is 9.97 Å². The average Bonchev–Trinajstić information content (AvgIpc) is 3.10. The van der Waals surface area contributed by atoms with Crippen LogP contribution in [0, 0.1) is 11.8 Å². The highest BCUT2D eigenvalue weighted by Gasteiger charge is 2.33.